The van der Waals surface area contributed by atoms with Crippen LogP contribution in [0.15, 0.2) is 101 Å². The predicted molar refractivity (Wildman–Crippen MR) is 217 cm³/mol. The Morgan fingerprint density at radius 3 is 1.84 bits per heavy atom. The van der Waals surface area contributed by atoms with E-state index in [9.17, 15) is 28.8 Å². The zero-order valence-electron chi connectivity index (χ0n) is 32.8. The fourth-order valence-electron chi connectivity index (χ4n) is 5.77. The van der Waals surface area contributed by atoms with Gasteiger partial charge in [0.05, 0.1) is 41.0 Å². The van der Waals surface area contributed by atoms with Crippen molar-refractivity contribution in [3.63, 3.8) is 0 Å². The summed E-state index contributed by atoms with van der Waals surface area (Å²) >= 11 is 0. The third kappa shape index (κ3) is 9.71. The number of hydrogen-bond acceptors (Lipinski definition) is 14. The van der Waals surface area contributed by atoms with Crippen LogP contribution in [0.5, 0.6) is 0 Å². The van der Waals surface area contributed by atoms with Crippen LogP contribution in [0.25, 0.3) is 10.8 Å². The average molecular weight is 787 g/mol. The largest absolute Gasteiger partial charge is 0.458 e. The molecule has 6 rings (SSSR count). The lowest BCUT2D eigenvalue weighted by molar-refractivity contribution is 0.0364. The Hall–Kier alpha value is -7.36. The van der Waals surface area contributed by atoms with E-state index in [0.29, 0.717) is 11.4 Å². The van der Waals surface area contributed by atoms with E-state index in [2.05, 4.69) is 30.8 Å². The molecule has 6 aromatic rings. The molecule has 0 aliphatic heterocycles. The molecule has 0 amide bonds. The third-order valence-corrected chi connectivity index (χ3v) is 8.42. The van der Waals surface area contributed by atoms with Gasteiger partial charge in [-0.2, -0.15) is 10.2 Å². The van der Waals surface area contributed by atoms with E-state index in [1.54, 1.807) is 58.4 Å². The number of fused-ring (bicyclic) bond motifs is 1. The number of ketones is 2. The zero-order valence-corrected chi connectivity index (χ0v) is 32.8. The number of anilines is 4. The Morgan fingerprint density at radius 2 is 1.28 bits per heavy atom. The first-order chi connectivity index (χ1) is 27.8. The summed E-state index contributed by atoms with van der Waals surface area (Å²) in [6, 6.07) is 20.0. The molecule has 0 atom stereocenters. The Bertz CT molecular complexity index is 2580. The summed E-state index contributed by atoms with van der Waals surface area (Å²) in [6.45, 7) is 9.86. The summed E-state index contributed by atoms with van der Waals surface area (Å²) in [5, 5.41) is 15.8. The van der Waals surface area contributed by atoms with Crippen LogP contribution in [-0.2, 0) is 29.2 Å². The van der Waals surface area contributed by atoms with Gasteiger partial charge in [0.15, 0.2) is 23.0 Å². The maximum Gasteiger partial charge on any atom is 0.359 e. The molecular formula is C42H42N8O8. The number of esters is 2. The van der Waals surface area contributed by atoms with Crippen LogP contribution in [0.4, 0.5) is 22.7 Å². The second-order valence-corrected chi connectivity index (χ2v) is 13.0. The van der Waals surface area contributed by atoms with Gasteiger partial charge in [-0.05, 0) is 59.2 Å². The van der Waals surface area contributed by atoms with Crippen LogP contribution < -0.4 is 21.8 Å². The van der Waals surface area contributed by atoms with Crippen molar-refractivity contribution in [1.29, 1.82) is 0 Å². The molecule has 0 aliphatic rings. The van der Waals surface area contributed by atoms with E-state index in [-0.39, 0.29) is 53.6 Å². The molecule has 4 heterocycles. The molecule has 2 N–H and O–H groups in total. The van der Waals surface area contributed by atoms with Crippen LogP contribution in [0.3, 0.4) is 0 Å². The van der Waals surface area contributed by atoms with Crippen molar-refractivity contribution in [2.24, 2.45) is 0 Å². The number of aryl methyl sites for hydroxylation is 2. The van der Waals surface area contributed by atoms with E-state index in [4.69, 9.17) is 9.47 Å². The molecule has 298 valence electrons. The van der Waals surface area contributed by atoms with E-state index in [1.165, 1.54) is 20.0 Å². The van der Waals surface area contributed by atoms with Crippen LogP contribution in [0.2, 0.25) is 0 Å². The lowest BCUT2D eigenvalue weighted by atomic mass is 10.1. The molecule has 4 aromatic heterocycles. The minimum Gasteiger partial charge on any atom is -0.458 e. The van der Waals surface area contributed by atoms with Gasteiger partial charge in [-0.1, -0.05) is 54.6 Å². The number of nitrogens with one attached hydrogen (secondary N) is 2. The van der Waals surface area contributed by atoms with E-state index in [1.807, 2.05) is 54.6 Å². The molecule has 0 spiro atoms. The minimum absolute atomic E-state index is 0.0231. The smallest absolute Gasteiger partial charge is 0.359 e. The Morgan fingerprint density at radius 1 is 0.690 bits per heavy atom. The highest BCUT2D eigenvalue weighted by molar-refractivity contribution is 6.09. The molecule has 16 nitrogen and oxygen atoms in total. The van der Waals surface area contributed by atoms with Gasteiger partial charge in [-0.3, -0.25) is 29.1 Å². The van der Waals surface area contributed by atoms with Crippen molar-refractivity contribution >= 4 is 57.0 Å². The van der Waals surface area contributed by atoms with Crippen molar-refractivity contribution in [1.82, 2.24) is 29.5 Å². The van der Waals surface area contributed by atoms with Crippen molar-refractivity contribution in [2.45, 2.75) is 67.3 Å². The molecule has 0 fully saturated rings. The van der Waals surface area contributed by atoms with Crippen LogP contribution in [0.1, 0.15) is 88.8 Å². The molecule has 0 radical (unpaired) electrons. The molecule has 2 aromatic carbocycles. The summed E-state index contributed by atoms with van der Waals surface area (Å²) in [5.41, 5.74) is 0.154. The summed E-state index contributed by atoms with van der Waals surface area (Å²) in [6.07, 6.45) is 5.96. The average Bonchev–Trinajstić information content (AvgIpc) is 3.21. The number of pyridine rings is 2. The van der Waals surface area contributed by atoms with Gasteiger partial charge in [-0.25, -0.2) is 19.0 Å². The lowest BCUT2D eigenvalue weighted by Crippen LogP contribution is -2.31. The molecule has 0 bridgehead atoms. The summed E-state index contributed by atoms with van der Waals surface area (Å²) in [7, 11) is 0. The molecule has 16 heteroatoms. The van der Waals surface area contributed by atoms with Crippen molar-refractivity contribution < 1.29 is 28.7 Å². The standard InChI is InChI=1S/C21H22N4O4.C21H20N4O4/c1-5-25-20(27)18(17(13(4)26)19(24-25)21(28)29-12(2)3)23-16-11-22-10-14-8-6-7-9-15(14)16;1-3-25-20(27)18(23-16-10-7-11-22-12-16)17(14(2)26)19(24-25)21(28)29-13-15-8-5-4-6-9-15/h6-12,23H,5H2,1-4H3;4-12,23H,3,13H2,1-2H3. The maximum absolute atomic E-state index is 13.0. The third-order valence-electron chi connectivity index (χ3n) is 8.42. The van der Waals surface area contributed by atoms with Gasteiger partial charge in [0, 0.05) is 36.3 Å². The first kappa shape index (κ1) is 41.8. The van der Waals surface area contributed by atoms with Crippen LogP contribution >= 0.6 is 0 Å². The molecule has 0 saturated heterocycles. The van der Waals surface area contributed by atoms with E-state index >= 15 is 0 Å². The van der Waals surface area contributed by atoms with Crippen molar-refractivity contribution in [2.75, 3.05) is 10.6 Å². The maximum atomic E-state index is 13.0. The number of ether oxygens (including phenoxy) is 2. The number of carbonyl (C=O) groups excluding carboxylic acids is 4. The quantitative estimate of drug-likeness (QED) is 0.0976. The molecule has 0 saturated carbocycles. The number of benzene rings is 2. The number of nitrogens with zero attached hydrogens (tertiary/aromatic N) is 6. The Labute approximate surface area is 332 Å². The van der Waals surface area contributed by atoms with Crippen LogP contribution in [0, 0.1) is 0 Å². The highest BCUT2D eigenvalue weighted by Gasteiger charge is 2.28. The fraction of sp³-hybridized carbons (Fsp3) is 0.238. The number of aromatic nitrogens is 6. The normalized spacial score (nSPS) is 10.7. The molecule has 0 aliphatic carbocycles. The van der Waals surface area contributed by atoms with Gasteiger partial charge in [0.2, 0.25) is 0 Å². The number of Topliss-reactive ketones (excluding diaryl/α,β-unsaturated/α-hetero) is 2. The summed E-state index contributed by atoms with van der Waals surface area (Å²) < 4.78 is 12.8. The molecule has 0 unspecified atom stereocenters. The number of carbonyl (C=O) groups is 4. The van der Waals surface area contributed by atoms with Gasteiger partial charge in [-0.15, -0.1) is 0 Å². The highest BCUT2D eigenvalue weighted by atomic mass is 16.5. The van der Waals surface area contributed by atoms with Gasteiger partial charge in [0.1, 0.15) is 18.0 Å². The predicted octanol–water partition coefficient (Wildman–Crippen LogP) is 6.28. The summed E-state index contributed by atoms with van der Waals surface area (Å²) in [5.74, 6) is -2.48. The van der Waals surface area contributed by atoms with E-state index < -0.39 is 40.7 Å². The lowest BCUT2D eigenvalue weighted by Gasteiger charge is -2.16. The van der Waals surface area contributed by atoms with E-state index in [0.717, 1.165) is 25.7 Å². The Balaban J connectivity index is 0.000000221. The first-order valence-corrected chi connectivity index (χ1v) is 18.3. The number of rotatable bonds is 13. The molecule has 58 heavy (non-hydrogen) atoms. The highest BCUT2D eigenvalue weighted by Crippen LogP contribution is 2.27. The second-order valence-electron chi connectivity index (χ2n) is 13.0. The van der Waals surface area contributed by atoms with Gasteiger partial charge < -0.3 is 20.1 Å². The van der Waals surface area contributed by atoms with Gasteiger partial charge >= 0.3 is 11.9 Å². The SMILES string of the molecule is CCn1nc(C(=O)OC(C)C)c(C(C)=O)c(Nc2cncc3ccccc23)c1=O.CCn1nc(C(=O)OCc2ccccc2)c(C(C)=O)c(Nc2cccnc2)c1=O. The van der Waals surface area contributed by atoms with Gasteiger partial charge in [0.25, 0.3) is 11.1 Å². The minimum atomic E-state index is -0.782. The second kappa shape index (κ2) is 19.0. The Kier molecular flexibility index (Phi) is 13.7. The monoisotopic (exact) mass is 786 g/mol. The number of hydrogen-bond donors (Lipinski definition) is 2. The van der Waals surface area contributed by atoms with Crippen molar-refractivity contribution in [3.05, 3.63) is 140 Å². The fourth-order valence-corrected chi connectivity index (χ4v) is 5.77. The first-order valence-electron chi connectivity index (χ1n) is 18.3. The zero-order chi connectivity index (χ0) is 41.9. The molecular weight excluding hydrogens is 745 g/mol. The van der Waals surface area contributed by atoms with Crippen LogP contribution in [-0.4, -0.2) is 59.1 Å². The van der Waals surface area contributed by atoms with Crippen molar-refractivity contribution in [3.8, 4) is 0 Å². The topological polar surface area (TPSA) is 206 Å². The summed E-state index contributed by atoms with van der Waals surface area (Å²) in [4.78, 5) is 84.1.